The molecular weight excluding hydrogens is 507 g/mol. The molecule has 0 aromatic heterocycles. The average Bonchev–Trinajstić information content (AvgIpc) is 3.07. The van der Waals surface area contributed by atoms with Gasteiger partial charge in [0.25, 0.3) is 0 Å². The standard InChI is InChI=1S/C17H17Cl6N3OS/c1-16(2)8(7-11(19)20)12(16)13(27)25-14(17(21,22)23)26-15(28)24-10-6-4-3-5-9(10)18/h3-8,12,14H,1-2H3,(H,25,27)(H2,24,26,28)/t8-,12-,14+/m1/s1. The van der Waals surface area contributed by atoms with Gasteiger partial charge in [-0.3, -0.25) is 4.79 Å². The van der Waals surface area contributed by atoms with Crippen LogP contribution in [0.4, 0.5) is 5.69 Å². The van der Waals surface area contributed by atoms with Crippen LogP contribution in [0.2, 0.25) is 5.02 Å². The van der Waals surface area contributed by atoms with Crippen LogP contribution in [0, 0.1) is 17.3 Å². The lowest BCUT2D eigenvalue weighted by Crippen LogP contribution is -2.56. The van der Waals surface area contributed by atoms with Crippen LogP contribution in [0.25, 0.3) is 0 Å². The van der Waals surface area contributed by atoms with Gasteiger partial charge >= 0.3 is 0 Å². The van der Waals surface area contributed by atoms with Crippen molar-refractivity contribution in [2.45, 2.75) is 23.8 Å². The number of hydrogen-bond donors (Lipinski definition) is 3. The first-order valence-corrected chi connectivity index (χ1v) is 10.7. The van der Waals surface area contributed by atoms with Crippen LogP contribution in [-0.4, -0.2) is 21.0 Å². The van der Waals surface area contributed by atoms with E-state index in [-0.39, 0.29) is 32.8 Å². The number of carbonyl (C=O) groups is 1. The van der Waals surface area contributed by atoms with E-state index in [0.29, 0.717) is 10.7 Å². The third-order valence-corrected chi connectivity index (χ3v) is 5.97. The van der Waals surface area contributed by atoms with Crippen molar-refractivity contribution in [3.63, 3.8) is 0 Å². The van der Waals surface area contributed by atoms with Gasteiger partial charge in [-0.05, 0) is 41.8 Å². The molecule has 1 fully saturated rings. The highest BCUT2D eigenvalue weighted by Crippen LogP contribution is 2.59. The Morgan fingerprint density at radius 2 is 1.82 bits per heavy atom. The summed E-state index contributed by atoms with van der Waals surface area (Å²) in [5, 5.41) is 8.97. The Bertz CT molecular complexity index is 791. The summed E-state index contributed by atoms with van der Waals surface area (Å²) in [6.07, 6.45) is 0.550. The van der Waals surface area contributed by atoms with E-state index in [0.717, 1.165) is 0 Å². The molecule has 0 bridgehead atoms. The van der Waals surface area contributed by atoms with Gasteiger partial charge < -0.3 is 16.0 Å². The Labute approximate surface area is 199 Å². The molecular formula is C17H17Cl6N3OS. The Balaban J connectivity index is 2.06. The summed E-state index contributed by atoms with van der Waals surface area (Å²) >= 11 is 40.9. The smallest absolute Gasteiger partial charge is 0.228 e. The molecule has 0 heterocycles. The normalized spacial score (nSPS) is 21.3. The minimum atomic E-state index is -1.86. The largest absolute Gasteiger partial charge is 0.339 e. The molecule has 0 unspecified atom stereocenters. The van der Waals surface area contributed by atoms with E-state index in [4.69, 9.17) is 81.8 Å². The highest BCUT2D eigenvalue weighted by molar-refractivity contribution is 7.80. The Morgan fingerprint density at radius 3 is 2.36 bits per heavy atom. The molecule has 3 N–H and O–H groups in total. The van der Waals surface area contributed by atoms with Crippen LogP contribution in [0.1, 0.15) is 13.8 Å². The summed E-state index contributed by atoms with van der Waals surface area (Å²) in [7, 11) is 0. The van der Waals surface area contributed by atoms with E-state index >= 15 is 0 Å². The second-order valence-electron chi connectivity index (χ2n) is 6.84. The lowest BCUT2D eigenvalue weighted by atomic mass is 10.1. The quantitative estimate of drug-likeness (QED) is 0.250. The van der Waals surface area contributed by atoms with Gasteiger partial charge in [0.15, 0.2) is 5.11 Å². The average molecular weight is 524 g/mol. The molecule has 1 aromatic rings. The summed E-state index contributed by atoms with van der Waals surface area (Å²) < 4.78 is -1.76. The minimum Gasteiger partial charge on any atom is -0.339 e. The molecule has 1 aliphatic rings. The maximum Gasteiger partial charge on any atom is 0.228 e. The van der Waals surface area contributed by atoms with Crippen molar-refractivity contribution in [2.24, 2.45) is 17.3 Å². The minimum absolute atomic E-state index is 0.106. The molecule has 0 spiro atoms. The number of allylic oxidation sites excluding steroid dienone is 1. The zero-order valence-electron chi connectivity index (χ0n) is 14.7. The van der Waals surface area contributed by atoms with Crippen molar-refractivity contribution in [3.05, 3.63) is 39.9 Å². The molecule has 4 nitrogen and oxygen atoms in total. The van der Waals surface area contributed by atoms with Crippen molar-refractivity contribution in [2.75, 3.05) is 5.32 Å². The van der Waals surface area contributed by atoms with E-state index in [1.54, 1.807) is 30.3 Å². The van der Waals surface area contributed by atoms with E-state index < -0.39 is 9.96 Å². The number of rotatable bonds is 5. The molecule has 154 valence electrons. The molecule has 1 saturated carbocycles. The maximum atomic E-state index is 12.7. The van der Waals surface area contributed by atoms with Gasteiger partial charge in [0.1, 0.15) is 10.7 Å². The number of nitrogens with one attached hydrogen (secondary N) is 3. The van der Waals surface area contributed by atoms with Crippen LogP contribution in [-0.2, 0) is 4.79 Å². The SMILES string of the molecule is CC1(C)[C@H](C=C(Cl)Cl)[C@@H]1C(=O)N[C@@H](NC(=S)Nc1ccccc1Cl)C(Cl)(Cl)Cl. The summed E-state index contributed by atoms with van der Waals surface area (Å²) in [5.74, 6) is -0.811. The van der Waals surface area contributed by atoms with E-state index in [1.807, 2.05) is 13.8 Å². The number of amides is 1. The third-order valence-electron chi connectivity index (χ3n) is 4.51. The number of anilines is 1. The highest BCUT2D eigenvalue weighted by Gasteiger charge is 2.61. The van der Waals surface area contributed by atoms with Crippen molar-refractivity contribution in [3.8, 4) is 0 Å². The van der Waals surface area contributed by atoms with Crippen molar-refractivity contribution < 1.29 is 4.79 Å². The lowest BCUT2D eigenvalue weighted by molar-refractivity contribution is -0.123. The van der Waals surface area contributed by atoms with Crippen molar-refractivity contribution in [1.82, 2.24) is 10.6 Å². The van der Waals surface area contributed by atoms with Gasteiger partial charge in [-0.1, -0.05) is 95.6 Å². The fourth-order valence-corrected chi connectivity index (χ4v) is 3.92. The molecule has 1 aromatic carbocycles. The number of thiocarbonyl (C=S) groups is 1. The second kappa shape index (κ2) is 9.34. The third kappa shape index (κ3) is 6.18. The van der Waals surface area contributed by atoms with E-state index in [2.05, 4.69) is 16.0 Å². The van der Waals surface area contributed by atoms with Crippen LogP contribution < -0.4 is 16.0 Å². The fraction of sp³-hybridized carbons (Fsp3) is 0.412. The first-order chi connectivity index (χ1) is 12.8. The number of alkyl halides is 3. The molecule has 1 aliphatic carbocycles. The van der Waals surface area contributed by atoms with Crippen LogP contribution in [0.3, 0.4) is 0 Å². The Kier molecular flexibility index (Phi) is 8.05. The summed E-state index contributed by atoms with van der Waals surface area (Å²) in [4.78, 5) is 12.7. The maximum absolute atomic E-state index is 12.7. The number of carbonyl (C=O) groups excluding carboxylic acids is 1. The number of halogens is 6. The molecule has 0 radical (unpaired) electrons. The van der Waals surface area contributed by atoms with Gasteiger partial charge in [-0.15, -0.1) is 0 Å². The molecule has 1 amide bonds. The van der Waals surface area contributed by atoms with Crippen LogP contribution >= 0.6 is 81.8 Å². The Hall–Kier alpha value is -0.140. The zero-order chi connectivity index (χ0) is 21.3. The molecule has 11 heteroatoms. The van der Waals surface area contributed by atoms with Gasteiger partial charge in [0.2, 0.25) is 9.70 Å². The monoisotopic (exact) mass is 521 g/mol. The van der Waals surface area contributed by atoms with Crippen molar-refractivity contribution in [1.29, 1.82) is 0 Å². The predicted octanol–water partition coefficient (Wildman–Crippen LogP) is 6.03. The van der Waals surface area contributed by atoms with Crippen LogP contribution in [0.15, 0.2) is 34.8 Å². The van der Waals surface area contributed by atoms with Gasteiger partial charge in [-0.2, -0.15) is 0 Å². The second-order valence-corrected chi connectivity index (χ2v) is 11.0. The van der Waals surface area contributed by atoms with E-state index in [1.165, 1.54) is 0 Å². The molecule has 0 saturated heterocycles. The molecule has 28 heavy (non-hydrogen) atoms. The van der Waals surface area contributed by atoms with Gasteiger partial charge in [0.05, 0.1) is 16.6 Å². The molecule has 0 aliphatic heterocycles. The summed E-state index contributed by atoms with van der Waals surface area (Å²) in [6.45, 7) is 3.85. The van der Waals surface area contributed by atoms with Crippen molar-refractivity contribution >= 4 is 98.5 Å². The topological polar surface area (TPSA) is 53.2 Å². The van der Waals surface area contributed by atoms with Gasteiger partial charge in [0, 0.05) is 0 Å². The molecule has 2 rings (SSSR count). The number of para-hydroxylation sites is 1. The number of benzene rings is 1. The first kappa shape index (κ1) is 24.1. The number of hydrogen-bond acceptors (Lipinski definition) is 2. The van der Waals surface area contributed by atoms with Gasteiger partial charge in [-0.25, -0.2) is 0 Å². The van der Waals surface area contributed by atoms with E-state index in [9.17, 15) is 4.79 Å². The first-order valence-electron chi connectivity index (χ1n) is 8.06. The molecule has 3 atom stereocenters. The zero-order valence-corrected chi connectivity index (χ0v) is 20.1. The fourth-order valence-electron chi connectivity index (χ4n) is 2.91. The van der Waals surface area contributed by atoms with Crippen LogP contribution in [0.5, 0.6) is 0 Å². The summed E-state index contributed by atoms with van der Waals surface area (Å²) in [6, 6.07) is 7.00. The summed E-state index contributed by atoms with van der Waals surface area (Å²) in [5.41, 5.74) is 0.245. The lowest BCUT2D eigenvalue weighted by Gasteiger charge is -2.28. The highest BCUT2D eigenvalue weighted by atomic mass is 35.6. The Morgan fingerprint density at radius 1 is 1.21 bits per heavy atom. The predicted molar refractivity (Wildman–Crippen MR) is 124 cm³/mol.